The van der Waals surface area contributed by atoms with Crippen LogP contribution < -0.4 is 12.4 Å². The van der Waals surface area contributed by atoms with Gasteiger partial charge in [0.05, 0.1) is 13.2 Å². The fraction of sp³-hybridized carbons (Fsp3) is 0.286. The second-order valence-corrected chi connectivity index (χ2v) is 9.20. The van der Waals surface area contributed by atoms with E-state index in [4.69, 9.17) is 16.3 Å². The summed E-state index contributed by atoms with van der Waals surface area (Å²) in [7, 11) is 0. The van der Waals surface area contributed by atoms with Gasteiger partial charge in [0, 0.05) is 17.0 Å². The van der Waals surface area contributed by atoms with Gasteiger partial charge in [0.2, 0.25) is 0 Å². The first-order chi connectivity index (χ1) is 15.6. The molecule has 0 bridgehead atoms. The molecule has 170 valence electrons. The first-order valence-corrected chi connectivity index (χ1v) is 11.5. The number of hydrogen-bond acceptors (Lipinski definition) is 2. The third-order valence-electron chi connectivity index (χ3n) is 6.80. The van der Waals surface area contributed by atoms with Gasteiger partial charge in [-0.3, -0.25) is 0 Å². The van der Waals surface area contributed by atoms with Crippen LogP contribution >= 0.6 is 11.6 Å². The van der Waals surface area contributed by atoms with Gasteiger partial charge >= 0.3 is 0 Å². The number of quaternary nitrogens is 1. The van der Waals surface area contributed by atoms with E-state index in [2.05, 4.69) is 30.0 Å². The lowest BCUT2D eigenvalue weighted by Crippen LogP contribution is -3.00. The smallest absolute Gasteiger partial charge is 0.141 e. The molecule has 0 spiro atoms. The average Bonchev–Trinajstić information content (AvgIpc) is 3.08. The normalized spacial score (nSPS) is 17.2. The number of fused-ring (bicyclic) bond motifs is 3. The fourth-order valence-electron chi connectivity index (χ4n) is 5.00. The Hall–Kier alpha value is -2.32. The summed E-state index contributed by atoms with van der Waals surface area (Å²) >= 11 is 6.46. The van der Waals surface area contributed by atoms with Crippen molar-refractivity contribution >= 4 is 11.6 Å². The van der Waals surface area contributed by atoms with E-state index in [1.165, 1.54) is 0 Å². The lowest BCUT2D eigenvalue weighted by molar-refractivity contribution is -0.941. The molecular weight excluding hydrogens is 453 g/mol. The molecule has 1 aliphatic heterocycles. The number of ether oxygens (including phenoxy) is 1. The zero-order valence-electron chi connectivity index (χ0n) is 18.4. The monoisotopic (exact) mass is 479 g/mol. The number of hydrogen-bond donors (Lipinski definition) is 1. The highest BCUT2D eigenvalue weighted by atomic mass is 35.5. The molecule has 33 heavy (non-hydrogen) atoms. The van der Waals surface area contributed by atoms with Gasteiger partial charge in [-0.2, -0.15) is 0 Å². The topological polar surface area (TPSA) is 29.5 Å². The van der Waals surface area contributed by atoms with Crippen LogP contribution in [-0.4, -0.2) is 42.4 Å². The van der Waals surface area contributed by atoms with Crippen molar-refractivity contribution in [1.29, 1.82) is 0 Å². The van der Waals surface area contributed by atoms with Crippen molar-refractivity contribution in [2.24, 2.45) is 0 Å². The summed E-state index contributed by atoms with van der Waals surface area (Å²) < 4.78 is 6.47. The molecule has 1 saturated heterocycles. The Morgan fingerprint density at radius 2 is 1.42 bits per heavy atom. The number of halogens is 2. The molecular formula is C28H27Cl2NO2. The van der Waals surface area contributed by atoms with Crippen LogP contribution in [0.1, 0.15) is 23.1 Å². The zero-order valence-corrected chi connectivity index (χ0v) is 19.9. The maximum atomic E-state index is 11.7. The molecule has 0 atom stereocenters. The molecule has 3 aromatic carbocycles. The summed E-state index contributed by atoms with van der Waals surface area (Å²) in [6.45, 7) is 4.85. The van der Waals surface area contributed by atoms with Crippen LogP contribution in [0.15, 0.2) is 72.8 Å². The Morgan fingerprint density at radius 1 is 0.848 bits per heavy atom. The highest BCUT2D eigenvalue weighted by molar-refractivity contribution is 6.31. The van der Waals surface area contributed by atoms with Crippen molar-refractivity contribution in [2.75, 3.05) is 32.8 Å². The second-order valence-electron chi connectivity index (χ2n) is 8.79. The van der Waals surface area contributed by atoms with Crippen LogP contribution in [0.5, 0.6) is 0 Å². The molecule has 1 N–H and O–H groups in total. The Kier molecular flexibility index (Phi) is 7.14. The Morgan fingerprint density at radius 3 is 2.06 bits per heavy atom. The van der Waals surface area contributed by atoms with E-state index in [9.17, 15) is 5.11 Å². The van der Waals surface area contributed by atoms with Crippen LogP contribution in [0.4, 0.5) is 0 Å². The highest BCUT2D eigenvalue weighted by Crippen LogP contribution is 2.48. The van der Waals surface area contributed by atoms with Crippen LogP contribution in [0.3, 0.4) is 0 Å². The number of nitrogens with zero attached hydrogens (tertiary/aromatic N) is 1. The third kappa shape index (κ3) is 4.55. The first kappa shape index (κ1) is 23.8. The highest BCUT2D eigenvalue weighted by Gasteiger charge is 2.40. The summed E-state index contributed by atoms with van der Waals surface area (Å²) in [5, 5.41) is 12.5. The predicted molar refractivity (Wildman–Crippen MR) is 128 cm³/mol. The van der Waals surface area contributed by atoms with Crippen molar-refractivity contribution < 1.29 is 26.7 Å². The minimum atomic E-state index is -1.07. The zero-order chi connectivity index (χ0) is 22.0. The van der Waals surface area contributed by atoms with Gasteiger partial charge in [0.1, 0.15) is 31.8 Å². The van der Waals surface area contributed by atoms with Gasteiger partial charge in [-0.05, 0) is 34.2 Å². The molecule has 5 rings (SSSR count). The van der Waals surface area contributed by atoms with Gasteiger partial charge in [-0.1, -0.05) is 84.3 Å². The second kappa shape index (κ2) is 9.89. The maximum Gasteiger partial charge on any atom is 0.141 e. The largest absolute Gasteiger partial charge is 1.00 e. The van der Waals surface area contributed by atoms with Crippen molar-refractivity contribution in [3.63, 3.8) is 0 Å². The molecule has 5 heteroatoms. The third-order valence-corrected chi connectivity index (χ3v) is 7.17. The van der Waals surface area contributed by atoms with Crippen molar-refractivity contribution in [3.05, 3.63) is 94.5 Å². The van der Waals surface area contributed by atoms with Crippen LogP contribution in [0.2, 0.25) is 5.02 Å². The van der Waals surface area contributed by atoms with Gasteiger partial charge in [-0.15, -0.1) is 0 Å². The van der Waals surface area contributed by atoms with Crippen LogP contribution in [-0.2, 0) is 16.9 Å². The van der Waals surface area contributed by atoms with Crippen molar-refractivity contribution in [3.8, 4) is 23.0 Å². The van der Waals surface area contributed by atoms with E-state index in [0.717, 1.165) is 70.2 Å². The minimum absolute atomic E-state index is 0. The summed E-state index contributed by atoms with van der Waals surface area (Å²) in [4.78, 5) is 0. The molecule has 2 aliphatic rings. The van der Waals surface area contributed by atoms with Gasteiger partial charge in [-0.25, -0.2) is 0 Å². The van der Waals surface area contributed by atoms with Crippen molar-refractivity contribution in [1.82, 2.24) is 0 Å². The average molecular weight is 480 g/mol. The Balaban J connectivity index is 0.00000259. The molecule has 0 radical (unpaired) electrons. The summed E-state index contributed by atoms with van der Waals surface area (Å²) in [6.07, 6.45) is 0.379. The maximum absolute atomic E-state index is 11.7. The Labute approximate surface area is 207 Å². The molecule has 0 aromatic heterocycles. The number of benzene rings is 3. The van der Waals surface area contributed by atoms with E-state index < -0.39 is 5.60 Å². The minimum Gasteiger partial charge on any atom is -1.00 e. The summed E-state index contributed by atoms with van der Waals surface area (Å²) in [5.74, 6) is 6.75. The van der Waals surface area contributed by atoms with E-state index in [1.807, 2.05) is 54.6 Å². The standard InChI is InChI=1S/C28H27ClNO2.ClH/c29-27-14-6-1-9-22(27)21-30(17-19-32-20-18-30)16-8-7-15-28(31)25-12-4-2-10-23(25)24-11-3-5-13-26(24)28;/h1-6,9-14,31H,15-21H2;1H/q+1;/p-1. The molecule has 0 amide bonds. The lowest BCUT2D eigenvalue weighted by atomic mass is 9.88. The van der Waals surface area contributed by atoms with Gasteiger partial charge < -0.3 is 26.7 Å². The number of rotatable bonds is 4. The SMILES string of the molecule is OC1(CC#CC[N+]2(Cc3ccccc3Cl)CCOCC2)c2ccccc2-c2ccccc21.[Cl-]. The van der Waals surface area contributed by atoms with Crippen molar-refractivity contribution in [2.45, 2.75) is 18.6 Å². The van der Waals surface area contributed by atoms with Gasteiger partial charge in [0.15, 0.2) is 0 Å². The number of morpholine rings is 1. The van der Waals surface area contributed by atoms with E-state index in [-0.39, 0.29) is 12.4 Å². The Bertz CT molecular complexity index is 1150. The quantitative estimate of drug-likeness (QED) is 0.458. The van der Waals surface area contributed by atoms with E-state index in [1.54, 1.807) is 0 Å². The predicted octanol–water partition coefficient (Wildman–Crippen LogP) is 2.00. The fourth-order valence-corrected chi connectivity index (χ4v) is 5.19. The van der Waals surface area contributed by atoms with E-state index in [0.29, 0.717) is 13.0 Å². The molecule has 0 unspecified atom stereocenters. The molecule has 1 heterocycles. The molecule has 1 fully saturated rings. The van der Waals surface area contributed by atoms with Crippen LogP contribution in [0, 0.1) is 11.8 Å². The molecule has 3 nitrogen and oxygen atoms in total. The summed E-state index contributed by atoms with van der Waals surface area (Å²) in [5.41, 5.74) is 4.17. The van der Waals surface area contributed by atoms with Crippen LogP contribution in [0.25, 0.3) is 11.1 Å². The first-order valence-electron chi connectivity index (χ1n) is 11.2. The van der Waals surface area contributed by atoms with E-state index >= 15 is 0 Å². The molecule has 1 aliphatic carbocycles. The number of aliphatic hydroxyl groups is 1. The summed E-state index contributed by atoms with van der Waals surface area (Å²) in [6, 6.07) is 24.3. The molecule has 0 saturated carbocycles. The molecule has 3 aromatic rings. The lowest BCUT2D eigenvalue weighted by Gasteiger charge is -2.40. The van der Waals surface area contributed by atoms with Gasteiger partial charge in [0.25, 0.3) is 0 Å².